The zero-order valence-corrected chi connectivity index (χ0v) is 10.1. The van der Waals surface area contributed by atoms with Gasteiger partial charge in [0.05, 0.1) is 13.2 Å². The maximum Gasteiger partial charge on any atom is 0.449 e. The third kappa shape index (κ3) is 4.93. The van der Waals surface area contributed by atoms with Crippen LogP contribution in [-0.4, -0.2) is 61.6 Å². The van der Waals surface area contributed by atoms with E-state index in [9.17, 15) is 39.5 Å². The first-order valence-electron chi connectivity index (χ1n) is 5.44. The van der Waals surface area contributed by atoms with Crippen LogP contribution in [0.15, 0.2) is 4.99 Å². The van der Waals surface area contributed by atoms with Crippen LogP contribution in [0.5, 0.6) is 0 Å². The summed E-state index contributed by atoms with van der Waals surface area (Å²) in [6.45, 7) is -1.50. The molecule has 12 heteroatoms. The van der Waals surface area contributed by atoms with Gasteiger partial charge < -0.3 is 9.64 Å². The van der Waals surface area contributed by atoms with E-state index in [0.29, 0.717) is 4.90 Å². The van der Waals surface area contributed by atoms with Crippen LogP contribution in [0.3, 0.4) is 0 Å². The zero-order valence-electron chi connectivity index (χ0n) is 10.1. The van der Waals surface area contributed by atoms with Crippen molar-refractivity contribution in [3.05, 3.63) is 0 Å². The predicted molar refractivity (Wildman–Crippen MR) is 51.8 cm³/mol. The smallest absolute Gasteiger partial charge is 0.378 e. The lowest BCUT2D eigenvalue weighted by molar-refractivity contribution is -0.248. The lowest BCUT2D eigenvalue weighted by Gasteiger charge is -2.32. The Morgan fingerprint density at radius 2 is 1.29 bits per heavy atom. The second-order valence-electron chi connectivity index (χ2n) is 4.04. The van der Waals surface area contributed by atoms with Gasteiger partial charge in [0, 0.05) is 13.1 Å². The molecule has 0 saturated carbocycles. The van der Waals surface area contributed by atoms with Crippen LogP contribution in [0.1, 0.15) is 0 Å². The van der Waals surface area contributed by atoms with Crippen molar-refractivity contribution < 1.29 is 44.3 Å². The van der Waals surface area contributed by atoms with E-state index in [-0.39, 0.29) is 13.2 Å². The summed E-state index contributed by atoms with van der Waals surface area (Å²) >= 11 is 0. The van der Waals surface area contributed by atoms with Crippen LogP contribution >= 0.6 is 0 Å². The molecule has 0 unspecified atom stereocenters. The fourth-order valence-electron chi connectivity index (χ4n) is 1.56. The van der Waals surface area contributed by atoms with E-state index in [1.54, 1.807) is 0 Å². The lowest BCUT2D eigenvalue weighted by atomic mass is 10.2. The minimum Gasteiger partial charge on any atom is -0.378 e. The topological polar surface area (TPSA) is 24.8 Å². The predicted octanol–water partition coefficient (Wildman–Crippen LogP) is 2.77. The van der Waals surface area contributed by atoms with Gasteiger partial charge in [0.25, 0.3) is 0 Å². The van der Waals surface area contributed by atoms with Crippen LogP contribution in [-0.2, 0) is 4.74 Å². The van der Waals surface area contributed by atoms with Crippen LogP contribution in [0, 0.1) is 0 Å². The highest BCUT2D eigenvalue weighted by atomic mass is 19.4. The lowest BCUT2D eigenvalue weighted by Crippen LogP contribution is -2.50. The molecule has 0 N–H and O–H groups in total. The molecule has 0 aromatic carbocycles. The Balaban J connectivity index is 3.21. The summed E-state index contributed by atoms with van der Waals surface area (Å²) in [5, 5.41) is 0. The van der Waals surface area contributed by atoms with Gasteiger partial charge in [0.15, 0.2) is 0 Å². The molecule has 0 atom stereocenters. The van der Waals surface area contributed by atoms with Crippen molar-refractivity contribution >= 4 is 5.84 Å². The SMILES string of the molecule is FC(F)(F)C(=NC(C(F)(F)F)C(F)(F)F)N1CCOCC1. The fourth-order valence-corrected chi connectivity index (χ4v) is 1.56. The van der Waals surface area contributed by atoms with Crippen molar-refractivity contribution in [1.29, 1.82) is 0 Å². The number of halogens is 9. The van der Waals surface area contributed by atoms with Gasteiger partial charge in [-0.05, 0) is 0 Å². The van der Waals surface area contributed by atoms with E-state index in [4.69, 9.17) is 4.74 Å². The summed E-state index contributed by atoms with van der Waals surface area (Å²) in [4.78, 5) is 2.23. The monoisotopic (exact) mass is 332 g/mol. The molecule has 1 rings (SSSR count). The van der Waals surface area contributed by atoms with E-state index in [1.807, 2.05) is 4.99 Å². The molecule has 21 heavy (non-hydrogen) atoms. The Labute approximate surface area is 112 Å². The van der Waals surface area contributed by atoms with Gasteiger partial charge in [-0.1, -0.05) is 0 Å². The van der Waals surface area contributed by atoms with Gasteiger partial charge in [0.1, 0.15) is 0 Å². The number of rotatable bonds is 1. The first-order chi connectivity index (χ1) is 9.33. The summed E-state index contributed by atoms with van der Waals surface area (Å²) in [7, 11) is 0. The maximum absolute atomic E-state index is 12.7. The summed E-state index contributed by atoms with van der Waals surface area (Å²) in [6.07, 6.45) is -17.4. The van der Waals surface area contributed by atoms with Crippen molar-refractivity contribution in [3.63, 3.8) is 0 Å². The normalized spacial score (nSPS) is 19.3. The Bertz CT molecular complexity index is 364. The Morgan fingerprint density at radius 1 is 0.857 bits per heavy atom. The number of nitrogens with zero attached hydrogens (tertiary/aromatic N) is 2. The molecule has 1 aliphatic rings. The van der Waals surface area contributed by atoms with Gasteiger partial charge in [-0.3, -0.25) is 0 Å². The number of hydrogen-bond donors (Lipinski definition) is 0. The number of hydrogen-bond acceptors (Lipinski definition) is 2. The minimum atomic E-state index is -5.97. The molecule has 1 saturated heterocycles. The Kier molecular flexibility index (Phi) is 5.01. The molecule has 1 heterocycles. The molecule has 1 fully saturated rings. The molecule has 124 valence electrons. The number of morpholine rings is 1. The van der Waals surface area contributed by atoms with E-state index in [2.05, 4.69) is 0 Å². The van der Waals surface area contributed by atoms with Crippen LogP contribution in [0.4, 0.5) is 39.5 Å². The zero-order chi connectivity index (χ0) is 16.5. The quantitative estimate of drug-likeness (QED) is 0.419. The second kappa shape index (κ2) is 5.89. The number of ether oxygens (including phenoxy) is 1. The second-order valence-corrected chi connectivity index (χ2v) is 4.04. The first kappa shape index (κ1) is 17.9. The number of amidine groups is 1. The van der Waals surface area contributed by atoms with Gasteiger partial charge in [-0.25, -0.2) is 4.99 Å². The largest absolute Gasteiger partial charge is 0.449 e. The van der Waals surface area contributed by atoms with Crippen molar-refractivity contribution in [2.24, 2.45) is 4.99 Å². The van der Waals surface area contributed by atoms with E-state index in [0.717, 1.165) is 0 Å². The third-order valence-corrected chi connectivity index (χ3v) is 2.44. The van der Waals surface area contributed by atoms with Gasteiger partial charge in [-0.2, -0.15) is 39.5 Å². The van der Waals surface area contributed by atoms with Crippen molar-refractivity contribution in [2.75, 3.05) is 26.3 Å². The minimum absolute atomic E-state index is 0.252. The highest BCUT2D eigenvalue weighted by molar-refractivity contribution is 5.88. The summed E-state index contributed by atoms with van der Waals surface area (Å²) in [6, 6.07) is -4.43. The van der Waals surface area contributed by atoms with Crippen LogP contribution < -0.4 is 0 Å². The summed E-state index contributed by atoms with van der Waals surface area (Å²) < 4.78 is 117. The average molecular weight is 332 g/mol. The van der Waals surface area contributed by atoms with Crippen LogP contribution in [0.25, 0.3) is 0 Å². The molecule has 0 aromatic heterocycles. The van der Waals surface area contributed by atoms with Gasteiger partial charge in [-0.15, -0.1) is 0 Å². The Hall–Kier alpha value is -1.20. The fraction of sp³-hybridized carbons (Fsp3) is 0.889. The molecule has 0 radical (unpaired) electrons. The summed E-state index contributed by atoms with van der Waals surface area (Å²) in [5.74, 6) is -2.20. The molecule has 0 bridgehead atoms. The Morgan fingerprint density at radius 3 is 1.62 bits per heavy atom. The molecular weight excluding hydrogens is 323 g/mol. The average Bonchev–Trinajstić information content (AvgIpc) is 2.25. The number of alkyl halides is 9. The molecule has 0 amide bonds. The van der Waals surface area contributed by atoms with E-state index >= 15 is 0 Å². The van der Waals surface area contributed by atoms with Gasteiger partial charge >= 0.3 is 18.5 Å². The molecule has 0 aliphatic carbocycles. The standard InChI is InChI=1S/C9H9F9N2O/c10-7(11,12)5(8(13,14)15)19-6(9(16,17)18)20-1-3-21-4-2-20/h5H,1-4H2. The van der Waals surface area contributed by atoms with E-state index < -0.39 is 43.5 Å². The molecular formula is C9H9F9N2O. The van der Waals surface area contributed by atoms with Crippen molar-refractivity contribution in [3.8, 4) is 0 Å². The van der Waals surface area contributed by atoms with Crippen molar-refractivity contribution in [1.82, 2.24) is 4.90 Å². The van der Waals surface area contributed by atoms with Crippen molar-refractivity contribution in [2.45, 2.75) is 24.6 Å². The van der Waals surface area contributed by atoms with Gasteiger partial charge in [0.2, 0.25) is 11.9 Å². The highest BCUT2D eigenvalue weighted by Gasteiger charge is 2.58. The van der Waals surface area contributed by atoms with E-state index in [1.165, 1.54) is 0 Å². The molecule has 3 nitrogen and oxygen atoms in total. The van der Waals surface area contributed by atoms with Crippen LogP contribution in [0.2, 0.25) is 0 Å². The highest BCUT2D eigenvalue weighted by Crippen LogP contribution is 2.37. The molecule has 0 aromatic rings. The molecule has 0 spiro atoms. The maximum atomic E-state index is 12.7. The third-order valence-electron chi connectivity index (χ3n) is 2.44. The molecule has 1 aliphatic heterocycles. The summed E-state index contributed by atoms with van der Waals surface area (Å²) in [5.41, 5.74) is 0. The number of aliphatic imine (C=N–C) groups is 1. The first-order valence-corrected chi connectivity index (χ1v) is 5.44.